The SMILES string of the molecule is CCN(CC)CCCC(C)N(C)CCO. The topological polar surface area (TPSA) is 26.7 Å². The quantitative estimate of drug-likeness (QED) is 0.631. The predicted octanol–water partition coefficient (Wildman–Crippen LogP) is 1.42. The lowest BCUT2D eigenvalue weighted by Crippen LogP contribution is -2.32. The molecule has 0 saturated heterocycles. The summed E-state index contributed by atoms with van der Waals surface area (Å²) in [5.41, 5.74) is 0. The van der Waals surface area contributed by atoms with Crippen LogP contribution in [0.25, 0.3) is 0 Å². The fourth-order valence-corrected chi connectivity index (χ4v) is 1.75. The zero-order chi connectivity index (χ0) is 11.7. The molecule has 0 fully saturated rings. The second kappa shape index (κ2) is 9.13. The summed E-state index contributed by atoms with van der Waals surface area (Å²) in [5.74, 6) is 0. The van der Waals surface area contributed by atoms with Crippen LogP contribution in [0.5, 0.6) is 0 Å². The molecular weight excluding hydrogens is 188 g/mol. The average Bonchev–Trinajstić information content (AvgIpc) is 2.24. The van der Waals surface area contributed by atoms with Gasteiger partial charge in [0.15, 0.2) is 0 Å². The average molecular weight is 216 g/mol. The minimum atomic E-state index is 0.261. The number of hydrogen-bond acceptors (Lipinski definition) is 3. The lowest BCUT2D eigenvalue weighted by Gasteiger charge is -2.25. The van der Waals surface area contributed by atoms with E-state index >= 15 is 0 Å². The maximum Gasteiger partial charge on any atom is 0.0558 e. The van der Waals surface area contributed by atoms with Gasteiger partial charge in [-0.2, -0.15) is 0 Å². The third kappa shape index (κ3) is 6.88. The molecular formula is C12H28N2O. The Morgan fingerprint density at radius 2 is 1.73 bits per heavy atom. The van der Waals surface area contributed by atoms with Gasteiger partial charge >= 0.3 is 0 Å². The van der Waals surface area contributed by atoms with Crippen LogP contribution in [0.1, 0.15) is 33.6 Å². The molecule has 0 saturated carbocycles. The number of aliphatic hydroxyl groups is 1. The largest absolute Gasteiger partial charge is 0.395 e. The second-order valence-corrected chi connectivity index (χ2v) is 4.22. The van der Waals surface area contributed by atoms with Gasteiger partial charge in [-0.05, 0) is 46.4 Å². The molecule has 1 N–H and O–H groups in total. The molecule has 1 unspecified atom stereocenters. The Morgan fingerprint density at radius 3 is 2.20 bits per heavy atom. The van der Waals surface area contributed by atoms with Gasteiger partial charge in [-0.15, -0.1) is 0 Å². The smallest absolute Gasteiger partial charge is 0.0558 e. The first-order valence-corrected chi connectivity index (χ1v) is 6.19. The zero-order valence-electron chi connectivity index (χ0n) is 10.9. The molecule has 0 bridgehead atoms. The van der Waals surface area contributed by atoms with Crippen LogP contribution in [-0.4, -0.2) is 60.8 Å². The van der Waals surface area contributed by atoms with E-state index in [2.05, 4.69) is 37.6 Å². The number of likely N-dealkylation sites (N-methyl/N-ethyl adjacent to an activating group) is 1. The molecule has 0 spiro atoms. The Kier molecular flexibility index (Phi) is 9.06. The Labute approximate surface area is 95.1 Å². The standard InChI is InChI=1S/C12H28N2O/c1-5-14(6-2)9-7-8-12(3)13(4)10-11-15/h12,15H,5-11H2,1-4H3. The number of hydrogen-bond donors (Lipinski definition) is 1. The van der Waals surface area contributed by atoms with Crippen molar-refractivity contribution >= 4 is 0 Å². The van der Waals surface area contributed by atoms with E-state index in [1.54, 1.807) is 0 Å². The van der Waals surface area contributed by atoms with Crippen molar-refractivity contribution in [3.63, 3.8) is 0 Å². The van der Waals surface area contributed by atoms with E-state index in [-0.39, 0.29) is 6.61 Å². The fourth-order valence-electron chi connectivity index (χ4n) is 1.75. The first kappa shape index (κ1) is 14.9. The van der Waals surface area contributed by atoms with Gasteiger partial charge in [0, 0.05) is 12.6 Å². The Bertz CT molecular complexity index is 138. The summed E-state index contributed by atoms with van der Waals surface area (Å²) in [7, 11) is 2.08. The van der Waals surface area contributed by atoms with Gasteiger partial charge in [-0.1, -0.05) is 13.8 Å². The lowest BCUT2D eigenvalue weighted by atomic mass is 10.1. The van der Waals surface area contributed by atoms with Gasteiger partial charge in [0.25, 0.3) is 0 Å². The molecule has 0 aliphatic heterocycles. The number of nitrogens with zero attached hydrogens (tertiary/aromatic N) is 2. The zero-order valence-corrected chi connectivity index (χ0v) is 10.9. The first-order chi connectivity index (χ1) is 7.15. The Hall–Kier alpha value is -0.120. The maximum atomic E-state index is 8.83. The highest BCUT2D eigenvalue weighted by atomic mass is 16.3. The van der Waals surface area contributed by atoms with Crippen LogP contribution in [0.4, 0.5) is 0 Å². The van der Waals surface area contributed by atoms with Crippen molar-refractivity contribution in [1.82, 2.24) is 9.80 Å². The second-order valence-electron chi connectivity index (χ2n) is 4.22. The van der Waals surface area contributed by atoms with Gasteiger partial charge in [0.1, 0.15) is 0 Å². The van der Waals surface area contributed by atoms with Crippen LogP contribution in [0.2, 0.25) is 0 Å². The van der Waals surface area contributed by atoms with E-state index in [0.29, 0.717) is 6.04 Å². The summed E-state index contributed by atoms with van der Waals surface area (Å²) in [6.45, 7) is 11.2. The molecule has 15 heavy (non-hydrogen) atoms. The summed E-state index contributed by atoms with van der Waals surface area (Å²) in [6, 6.07) is 0.577. The summed E-state index contributed by atoms with van der Waals surface area (Å²) in [4.78, 5) is 4.68. The number of rotatable bonds is 9. The van der Waals surface area contributed by atoms with Crippen LogP contribution in [0, 0.1) is 0 Å². The highest BCUT2D eigenvalue weighted by Crippen LogP contribution is 2.05. The number of aliphatic hydroxyl groups excluding tert-OH is 1. The Balaban J connectivity index is 3.57. The van der Waals surface area contributed by atoms with Gasteiger partial charge in [0.05, 0.1) is 6.61 Å². The molecule has 0 aromatic heterocycles. The van der Waals surface area contributed by atoms with Crippen molar-refractivity contribution in [1.29, 1.82) is 0 Å². The molecule has 0 heterocycles. The molecule has 92 valence electrons. The minimum Gasteiger partial charge on any atom is -0.395 e. The Morgan fingerprint density at radius 1 is 1.13 bits per heavy atom. The molecule has 0 aliphatic carbocycles. The fraction of sp³-hybridized carbons (Fsp3) is 1.00. The van der Waals surface area contributed by atoms with Crippen LogP contribution in [-0.2, 0) is 0 Å². The normalized spacial score (nSPS) is 13.8. The van der Waals surface area contributed by atoms with Gasteiger partial charge in [-0.25, -0.2) is 0 Å². The first-order valence-electron chi connectivity index (χ1n) is 6.19. The van der Waals surface area contributed by atoms with Crippen LogP contribution in [0.3, 0.4) is 0 Å². The predicted molar refractivity (Wildman–Crippen MR) is 66.2 cm³/mol. The highest BCUT2D eigenvalue weighted by Gasteiger charge is 2.08. The third-order valence-corrected chi connectivity index (χ3v) is 3.20. The van der Waals surface area contributed by atoms with Crippen molar-refractivity contribution in [3.05, 3.63) is 0 Å². The van der Waals surface area contributed by atoms with E-state index in [1.165, 1.54) is 19.4 Å². The van der Waals surface area contributed by atoms with Crippen LogP contribution < -0.4 is 0 Å². The van der Waals surface area contributed by atoms with Crippen molar-refractivity contribution in [2.45, 2.75) is 39.7 Å². The van der Waals surface area contributed by atoms with Crippen molar-refractivity contribution in [2.24, 2.45) is 0 Å². The summed E-state index contributed by atoms with van der Waals surface area (Å²) < 4.78 is 0. The highest BCUT2D eigenvalue weighted by molar-refractivity contribution is 4.64. The molecule has 0 radical (unpaired) electrons. The third-order valence-electron chi connectivity index (χ3n) is 3.20. The molecule has 0 aromatic rings. The molecule has 0 aromatic carbocycles. The maximum absolute atomic E-state index is 8.83. The van der Waals surface area contributed by atoms with E-state index in [1.807, 2.05) is 0 Å². The van der Waals surface area contributed by atoms with E-state index in [0.717, 1.165) is 19.6 Å². The van der Waals surface area contributed by atoms with Gasteiger partial charge < -0.3 is 14.9 Å². The summed E-state index contributed by atoms with van der Waals surface area (Å²) >= 11 is 0. The van der Waals surface area contributed by atoms with Crippen LogP contribution in [0.15, 0.2) is 0 Å². The molecule has 0 rings (SSSR count). The van der Waals surface area contributed by atoms with Crippen molar-refractivity contribution < 1.29 is 5.11 Å². The van der Waals surface area contributed by atoms with E-state index in [9.17, 15) is 0 Å². The van der Waals surface area contributed by atoms with E-state index in [4.69, 9.17) is 5.11 Å². The monoisotopic (exact) mass is 216 g/mol. The van der Waals surface area contributed by atoms with E-state index < -0.39 is 0 Å². The molecule has 3 heteroatoms. The van der Waals surface area contributed by atoms with Gasteiger partial charge in [-0.3, -0.25) is 0 Å². The minimum absolute atomic E-state index is 0.261. The van der Waals surface area contributed by atoms with Crippen molar-refractivity contribution in [3.8, 4) is 0 Å². The lowest BCUT2D eigenvalue weighted by molar-refractivity contribution is 0.176. The summed E-state index contributed by atoms with van der Waals surface area (Å²) in [5, 5.41) is 8.83. The van der Waals surface area contributed by atoms with Gasteiger partial charge in [0.2, 0.25) is 0 Å². The molecule has 0 aliphatic rings. The van der Waals surface area contributed by atoms with Crippen molar-refractivity contribution in [2.75, 3.05) is 39.8 Å². The van der Waals surface area contributed by atoms with Crippen LogP contribution >= 0.6 is 0 Å². The molecule has 1 atom stereocenters. The molecule has 0 amide bonds. The summed E-state index contributed by atoms with van der Waals surface area (Å²) in [6.07, 6.45) is 2.46. The molecule has 3 nitrogen and oxygen atoms in total.